The highest BCUT2D eigenvalue weighted by Crippen LogP contribution is 2.44. The van der Waals surface area contributed by atoms with E-state index in [1.807, 2.05) is 0 Å². The molecule has 2 nitrogen and oxygen atoms in total. The third-order valence-corrected chi connectivity index (χ3v) is 1.55. The van der Waals surface area contributed by atoms with Gasteiger partial charge in [0, 0.05) is 12.8 Å². The molecule has 1 aliphatic rings. The highest BCUT2D eigenvalue weighted by molar-refractivity contribution is 5.63. The third-order valence-electron chi connectivity index (χ3n) is 1.55. The van der Waals surface area contributed by atoms with Gasteiger partial charge in [0.1, 0.15) is 0 Å². The summed E-state index contributed by atoms with van der Waals surface area (Å²) >= 11 is 0. The number of hydrogen-bond donors (Lipinski definition) is 1. The average Bonchev–Trinajstić information content (AvgIpc) is 2.28. The van der Waals surface area contributed by atoms with Gasteiger partial charge in [-0.3, -0.25) is 10.3 Å². The van der Waals surface area contributed by atoms with E-state index in [4.69, 9.17) is 0 Å². The van der Waals surface area contributed by atoms with E-state index in [1.54, 1.807) is 0 Å². The summed E-state index contributed by atoms with van der Waals surface area (Å²) in [7, 11) is 0. The van der Waals surface area contributed by atoms with Crippen LogP contribution in [-0.4, -0.2) is 30.8 Å². The number of nitrogens with zero attached hydrogens (tertiary/aromatic N) is 1. The molecule has 76 valence electrons. The molecular formula is C5H4F6N2. The highest BCUT2D eigenvalue weighted by Gasteiger charge is 2.72. The van der Waals surface area contributed by atoms with E-state index in [0.717, 1.165) is 0 Å². The Hall–Kier alpha value is -0.790. The first-order valence-corrected chi connectivity index (χ1v) is 3.13. The van der Waals surface area contributed by atoms with Gasteiger partial charge in [0.05, 0.1) is 0 Å². The maximum atomic E-state index is 12.0. The van der Waals surface area contributed by atoms with Crippen molar-refractivity contribution in [2.45, 2.75) is 18.0 Å². The number of hydrogen-bond acceptors (Lipinski definition) is 2. The molecule has 1 aliphatic heterocycles. The van der Waals surface area contributed by atoms with Gasteiger partial charge in [-0.25, -0.2) is 0 Å². The fourth-order valence-electron chi connectivity index (χ4n) is 0.929. The van der Waals surface area contributed by atoms with Crippen molar-refractivity contribution in [1.29, 1.82) is 0 Å². The summed E-state index contributed by atoms with van der Waals surface area (Å²) in [5.41, 5.74) is -4.11. The molecule has 8 heteroatoms. The zero-order chi connectivity index (χ0) is 10.3. The van der Waals surface area contributed by atoms with Crippen molar-refractivity contribution in [1.82, 2.24) is 5.32 Å². The summed E-state index contributed by atoms with van der Waals surface area (Å²) in [5, 5.41) is 1.28. The molecule has 1 heterocycles. The topological polar surface area (TPSA) is 24.4 Å². The molecule has 0 bridgehead atoms. The summed E-state index contributed by atoms with van der Waals surface area (Å²) in [6.07, 6.45) is -10.4. The monoisotopic (exact) mass is 206 g/mol. The maximum absolute atomic E-state index is 12.0. The van der Waals surface area contributed by atoms with Crippen molar-refractivity contribution in [2.75, 3.05) is 6.54 Å². The van der Waals surface area contributed by atoms with Crippen molar-refractivity contribution in [3.05, 3.63) is 0 Å². The van der Waals surface area contributed by atoms with Crippen LogP contribution in [0.25, 0.3) is 0 Å². The van der Waals surface area contributed by atoms with Gasteiger partial charge in [-0.05, 0) is 0 Å². The van der Waals surface area contributed by atoms with Gasteiger partial charge in [-0.2, -0.15) is 26.3 Å². The predicted octanol–water partition coefficient (Wildman–Crippen LogP) is 1.48. The van der Waals surface area contributed by atoms with E-state index < -0.39 is 24.6 Å². The lowest BCUT2D eigenvalue weighted by Gasteiger charge is -2.30. The van der Waals surface area contributed by atoms with Crippen molar-refractivity contribution >= 4 is 6.21 Å². The van der Waals surface area contributed by atoms with Gasteiger partial charge < -0.3 is 0 Å². The van der Waals surface area contributed by atoms with Crippen molar-refractivity contribution in [3.63, 3.8) is 0 Å². The van der Waals surface area contributed by atoms with E-state index in [2.05, 4.69) is 4.99 Å². The number of halogens is 6. The SMILES string of the molecule is FC(F)(F)C1(C(F)(F)F)N=CCN1. The van der Waals surface area contributed by atoms with Crippen LogP contribution in [0.4, 0.5) is 26.3 Å². The van der Waals surface area contributed by atoms with E-state index in [0.29, 0.717) is 6.21 Å². The molecule has 0 saturated heterocycles. The zero-order valence-corrected chi connectivity index (χ0v) is 6.00. The summed E-state index contributed by atoms with van der Waals surface area (Å²) in [6, 6.07) is 0. The van der Waals surface area contributed by atoms with Crippen LogP contribution in [0.15, 0.2) is 4.99 Å². The van der Waals surface area contributed by atoms with Crippen LogP contribution in [0.3, 0.4) is 0 Å². The van der Waals surface area contributed by atoms with Crippen LogP contribution < -0.4 is 5.32 Å². The molecule has 13 heavy (non-hydrogen) atoms. The minimum Gasteiger partial charge on any atom is -0.273 e. The lowest BCUT2D eigenvalue weighted by Crippen LogP contribution is -2.62. The van der Waals surface area contributed by atoms with Crippen molar-refractivity contribution in [3.8, 4) is 0 Å². The molecule has 0 fully saturated rings. The number of rotatable bonds is 0. The summed E-state index contributed by atoms with van der Waals surface area (Å²) in [6.45, 7) is -0.543. The van der Waals surface area contributed by atoms with Gasteiger partial charge in [-0.15, -0.1) is 0 Å². The Morgan fingerprint density at radius 1 is 1.08 bits per heavy atom. The van der Waals surface area contributed by atoms with Gasteiger partial charge in [0.2, 0.25) is 0 Å². The summed E-state index contributed by atoms with van der Waals surface area (Å²) < 4.78 is 72.1. The molecule has 1 N–H and O–H groups in total. The predicted molar refractivity (Wildman–Crippen MR) is 31.3 cm³/mol. The summed E-state index contributed by atoms with van der Waals surface area (Å²) in [5.74, 6) is 0. The standard InChI is InChI=1S/C5H4F6N2/c6-4(7,8)3(5(9,10)11)12-1-2-13-3/h1,13H,2H2. The second kappa shape index (κ2) is 2.60. The molecule has 0 aromatic carbocycles. The highest BCUT2D eigenvalue weighted by atomic mass is 19.4. The van der Waals surface area contributed by atoms with Gasteiger partial charge in [0.15, 0.2) is 0 Å². The van der Waals surface area contributed by atoms with Crippen LogP contribution >= 0.6 is 0 Å². The Bertz CT molecular complexity index is 212. The van der Waals surface area contributed by atoms with E-state index in [1.165, 1.54) is 5.32 Å². The zero-order valence-electron chi connectivity index (χ0n) is 6.00. The molecule has 0 saturated carbocycles. The molecule has 0 spiro atoms. The third kappa shape index (κ3) is 1.38. The Balaban J connectivity index is 3.11. The fourth-order valence-corrected chi connectivity index (χ4v) is 0.929. The second-order valence-electron chi connectivity index (χ2n) is 2.40. The molecule has 0 atom stereocenters. The molecule has 0 amide bonds. The van der Waals surface area contributed by atoms with Crippen LogP contribution in [0.1, 0.15) is 0 Å². The normalized spacial score (nSPS) is 22.3. The number of aliphatic imine (C=N–C) groups is 1. The van der Waals surface area contributed by atoms with E-state index in [-0.39, 0.29) is 0 Å². The molecule has 0 aromatic rings. The van der Waals surface area contributed by atoms with Crippen molar-refractivity contribution in [2.24, 2.45) is 4.99 Å². The van der Waals surface area contributed by atoms with Gasteiger partial charge in [-0.1, -0.05) is 0 Å². The van der Waals surface area contributed by atoms with Crippen LogP contribution in [0, 0.1) is 0 Å². The quantitative estimate of drug-likeness (QED) is 0.596. The molecule has 0 radical (unpaired) electrons. The van der Waals surface area contributed by atoms with Crippen LogP contribution in [0.5, 0.6) is 0 Å². The lowest BCUT2D eigenvalue weighted by molar-refractivity contribution is -0.301. The Labute approximate surface area is 68.6 Å². The molecule has 0 unspecified atom stereocenters. The van der Waals surface area contributed by atoms with Crippen LogP contribution in [-0.2, 0) is 0 Å². The van der Waals surface area contributed by atoms with Gasteiger partial charge in [0.25, 0.3) is 0 Å². The largest absolute Gasteiger partial charge is 0.436 e. The van der Waals surface area contributed by atoms with Crippen LogP contribution in [0.2, 0.25) is 0 Å². The first-order chi connectivity index (χ1) is 5.71. The van der Waals surface area contributed by atoms with E-state index >= 15 is 0 Å². The second-order valence-corrected chi connectivity index (χ2v) is 2.40. The molecular weight excluding hydrogens is 202 g/mol. The summed E-state index contributed by atoms with van der Waals surface area (Å²) in [4.78, 5) is 2.42. The lowest BCUT2D eigenvalue weighted by atomic mass is 10.1. The molecule has 0 aromatic heterocycles. The minimum atomic E-state index is -5.47. The Morgan fingerprint density at radius 3 is 1.69 bits per heavy atom. The van der Waals surface area contributed by atoms with E-state index in [9.17, 15) is 26.3 Å². The average molecular weight is 206 g/mol. The number of nitrogens with one attached hydrogen (secondary N) is 1. The maximum Gasteiger partial charge on any atom is 0.436 e. The van der Waals surface area contributed by atoms with Gasteiger partial charge >= 0.3 is 18.0 Å². The first-order valence-electron chi connectivity index (χ1n) is 3.13. The Kier molecular flexibility index (Phi) is 2.06. The molecule has 0 aliphatic carbocycles. The Morgan fingerprint density at radius 2 is 1.54 bits per heavy atom. The smallest absolute Gasteiger partial charge is 0.273 e. The fraction of sp³-hybridized carbons (Fsp3) is 0.800. The van der Waals surface area contributed by atoms with Crippen molar-refractivity contribution < 1.29 is 26.3 Å². The molecule has 1 rings (SSSR count). The number of alkyl halides is 6. The minimum absolute atomic E-state index is 0.543. The first kappa shape index (κ1) is 10.3.